The van der Waals surface area contributed by atoms with Crippen molar-refractivity contribution in [2.45, 2.75) is 113 Å². The predicted octanol–water partition coefficient (Wildman–Crippen LogP) is -4.36. The molecule has 7 atom stereocenters. The molecular weight excluding hydrogens is 949 g/mol. The normalized spacial score (nSPS) is 21.3. The van der Waals surface area contributed by atoms with Crippen LogP contribution in [0.1, 0.15) is 69.4 Å². The minimum absolute atomic E-state index is 0.00478. The third-order valence-corrected chi connectivity index (χ3v) is 11.6. The summed E-state index contributed by atoms with van der Waals surface area (Å²) in [5, 5.41) is 31.8. The first-order valence-electron chi connectivity index (χ1n) is 23.8. The van der Waals surface area contributed by atoms with E-state index in [0.29, 0.717) is 11.1 Å². The van der Waals surface area contributed by atoms with Gasteiger partial charge in [-0.2, -0.15) is 0 Å². The fourth-order valence-corrected chi connectivity index (χ4v) is 7.86. The number of benzene rings is 2. The molecule has 2 unspecified atom stereocenters. The average Bonchev–Trinajstić information content (AvgIpc) is 3.75. The molecule has 26 heteroatoms. The van der Waals surface area contributed by atoms with E-state index >= 15 is 0 Å². The van der Waals surface area contributed by atoms with Crippen LogP contribution in [0.25, 0.3) is 10.9 Å². The number of aromatic amines is 1. The van der Waals surface area contributed by atoms with Crippen LogP contribution in [0.4, 0.5) is 0 Å². The van der Waals surface area contributed by atoms with Gasteiger partial charge in [-0.3, -0.25) is 53.1 Å². The van der Waals surface area contributed by atoms with E-state index in [1.165, 1.54) is 6.92 Å². The van der Waals surface area contributed by atoms with E-state index in [9.17, 15) is 48.3 Å². The lowest BCUT2D eigenvalue weighted by molar-refractivity contribution is -0.136. The molecule has 2 heterocycles. The molecule has 73 heavy (non-hydrogen) atoms. The number of guanidine groups is 2. The lowest BCUT2D eigenvalue weighted by atomic mass is 10.0. The molecule has 396 valence electrons. The van der Waals surface area contributed by atoms with Gasteiger partial charge in [-0.05, 0) is 62.1 Å². The number of aliphatic hydroxyl groups is 1. The Morgan fingerprint density at radius 2 is 1.30 bits per heavy atom. The van der Waals surface area contributed by atoms with Crippen LogP contribution in [0, 0.1) is 0 Å². The summed E-state index contributed by atoms with van der Waals surface area (Å²) < 4.78 is 0. The number of amides is 9. The second-order valence-corrected chi connectivity index (χ2v) is 17.4. The number of rotatable bonds is 17. The zero-order chi connectivity index (χ0) is 53.5. The van der Waals surface area contributed by atoms with E-state index in [1.807, 2.05) is 18.2 Å². The number of para-hydroxylation sites is 1. The van der Waals surface area contributed by atoms with Crippen LogP contribution >= 0.6 is 0 Å². The third kappa shape index (κ3) is 19.4. The van der Waals surface area contributed by atoms with E-state index in [0.717, 1.165) is 10.9 Å². The number of hydrogen-bond acceptors (Lipinski definition) is 12. The molecule has 1 saturated heterocycles. The smallest absolute Gasteiger partial charge is 0.245 e. The standard InChI is InChI=1S/C47H68N16O10/c1-26(65)57-32(16-9-19-54-46(49)50)40(68)62-36-23-38(66)53-18-8-7-15-31(39(48)67)58-43(71)35(22-28-24-56-30-14-6-5-13-29(28)30)61-41(69)33(17-10-20-55-47(51)52)59-42(70)34(21-27-11-3-2-4-12-27)60-45(73)37(25-64)63-44(36)72/h2-6,11-14,24,31-37,56,64H,7-10,15-23,25H2,1H3,(H2,48,67)(H,53,66)(H,57,65)(H,58,71)(H,59,70)(H,60,73)(H,61,69)(H,62,68)(H,63,72)(H4,49,50,54)(H4,51,52,55)/t31-,32?,33?,34+,35-,36-,37-/m0/s1. The Bertz CT molecular complexity index is 2460. The first-order chi connectivity index (χ1) is 34.8. The Hall–Kier alpha value is -8.29. The highest BCUT2D eigenvalue weighted by atomic mass is 16.3. The summed E-state index contributed by atoms with van der Waals surface area (Å²) in [6, 6.07) is 5.60. The van der Waals surface area contributed by atoms with Crippen molar-refractivity contribution in [3.05, 3.63) is 71.9 Å². The monoisotopic (exact) mass is 1020 g/mol. The van der Waals surface area contributed by atoms with Crippen LogP contribution in [0.5, 0.6) is 0 Å². The van der Waals surface area contributed by atoms with Crippen molar-refractivity contribution < 1.29 is 48.3 Å². The molecule has 0 spiro atoms. The van der Waals surface area contributed by atoms with Gasteiger partial charge in [-0.1, -0.05) is 48.5 Å². The minimum Gasteiger partial charge on any atom is -0.394 e. The van der Waals surface area contributed by atoms with Crippen molar-refractivity contribution in [2.24, 2.45) is 38.7 Å². The Morgan fingerprint density at radius 3 is 1.96 bits per heavy atom. The third-order valence-electron chi connectivity index (χ3n) is 11.6. The minimum atomic E-state index is -1.77. The average molecular weight is 1020 g/mol. The largest absolute Gasteiger partial charge is 0.394 e. The summed E-state index contributed by atoms with van der Waals surface area (Å²) in [7, 11) is 0. The number of nitrogens with zero attached hydrogens (tertiary/aromatic N) is 2. The highest BCUT2D eigenvalue weighted by Crippen LogP contribution is 2.20. The van der Waals surface area contributed by atoms with Crippen LogP contribution in [-0.4, -0.2) is 144 Å². The highest BCUT2D eigenvalue weighted by Gasteiger charge is 2.35. The van der Waals surface area contributed by atoms with Gasteiger partial charge in [0, 0.05) is 56.5 Å². The van der Waals surface area contributed by atoms with Crippen LogP contribution in [-0.2, 0) is 56.0 Å². The molecular formula is C47H68N16O10. The maximum absolute atomic E-state index is 14.5. The number of aliphatic hydroxyl groups excluding tert-OH is 1. The number of nitrogens with two attached hydrogens (primary N) is 5. The van der Waals surface area contributed by atoms with Crippen molar-refractivity contribution >= 4 is 76.0 Å². The first-order valence-corrected chi connectivity index (χ1v) is 23.8. The maximum atomic E-state index is 14.5. The van der Waals surface area contributed by atoms with Crippen molar-refractivity contribution in [3.63, 3.8) is 0 Å². The summed E-state index contributed by atoms with van der Waals surface area (Å²) >= 11 is 0. The van der Waals surface area contributed by atoms with Crippen LogP contribution in [0.2, 0.25) is 0 Å². The molecule has 9 amide bonds. The second-order valence-electron chi connectivity index (χ2n) is 17.4. The number of aliphatic imine (C=N–C) groups is 2. The van der Waals surface area contributed by atoms with Gasteiger partial charge in [0.2, 0.25) is 53.2 Å². The molecule has 1 fully saturated rings. The fourth-order valence-electron chi connectivity index (χ4n) is 7.86. The summed E-state index contributed by atoms with van der Waals surface area (Å²) in [6.45, 7) is 0.283. The van der Waals surface area contributed by atoms with Gasteiger partial charge in [-0.15, -0.1) is 0 Å². The van der Waals surface area contributed by atoms with E-state index in [1.54, 1.807) is 42.6 Å². The number of H-pyrrole nitrogens is 1. The molecule has 1 aromatic heterocycles. The van der Waals surface area contributed by atoms with Crippen molar-refractivity contribution in [1.29, 1.82) is 0 Å². The van der Waals surface area contributed by atoms with Crippen LogP contribution in [0.3, 0.4) is 0 Å². The number of nitrogens with one attached hydrogen (secondary N) is 9. The van der Waals surface area contributed by atoms with Crippen LogP contribution in [0.15, 0.2) is 70.8 Å². The number of aromatic nitrogens is 1. The first kappa shape index (κ1) is 57.3. The molecule has 4 rings (SSSR count). The van der Waals surface area contributed by atoms with E-state index in [2.05, 4.69) is 57.5 Å². The topological polar surface area (TPSA) is 441 Å². The molecule has 2 aromatic carbocycles. The number of primary amides is 1. The van der Waals surface area contributed by atoms with Gasteiger partial charge in [0.25, 0.3) is 0 Å². The summed E-state index contributed by atoms with van der Waals surface area (Å²) in [6.07, 6.45) is 1.50. The maximum Gasteiger partial charge on any atom is 0.245 e. The van der Waals surface area contributed by atoms with Crippen LogP contribution < -0.4 is 71.2 Å². The Labute approximate surface area is 421 Å². The molecule has 26 nitrogen and oxygen atoms in total. The number of carbonyl (C=O) groups is 9. The lowest BCUT2D eigenvalue weighted by Gasteiger charge is -2.27. The van der Waals surface area contributed by atoms with Crippen molar-refractivity contribution in [2.75, 3.05) is 26.2 Å². The zero-order valence-electron chi connectivity index (χ0n) is 40.6. The quantitative estimate of drug-likeness (QED) is 0.0346. The zero-order valence-corrected chi connectivity index (χ0v) is 40.6. The van der Waals surface area contributed by atoms with Gasteiger partial charge < -0.3 is 81.3 Å². The predicted molar refractivity (Wildman–Crippen MR) is 269 cm³/mol. The summed E-state index contributed by atoms with van der Waals surface area (Å²) in [4.78, 5) is 134. The van der Waals surface area contributed by atoms with Gasteiger partial charge >= 0.3 is 0 Å². The SMILES string of the molecule is CC(=O)NC(CCCN=C(N)N)C(=O)N[C@H]1CC(=O)NCCCC[C@@H](C(N)=O)NC(=O)[C@H](Cc2c[nH]c3ccccc23)NC(=O)C(CCCN=C(N)N)NC(=O)[C@@H](Cc2ccccc2)NC(=O)[C@H](CO)NC1=O. The van der Waals surface area contributed by atoms with E-state index in [-0.39, 0.29) is 89.3 Å². The Kier molecular flexibility index (Phi) is 22.9. The van der Waals surface area contributed by atoms with E-state index in [4.69, 9.17) is 28.7 Å². The molecule has 1 aliphatic rings. The van der Waals surface area contributed by atoms with Gasteiger partial charge in [0.15, 0.2) is 11.9 Å². The summed E-state index contributed by atoms with van der Waals surface area (Å²) in [5.41, 5.74) is 29.6. The number of carbonyl (C=O) groups excluding carboxylic acids is 9. The Morgan fingerprint density at radius 1 is 0.712 bits per heavy atom. The molecule has 0 aliphatic carbocycles. The van der Waals surface area contributed by atoms with Crippen molar-refractivity contribution in [1.82, 2.24) is 47.5 Å². The summed E-state index contributed by atoms with van der Waals surface area (Å²) in [5.74, 6) is -8.15. The second kappa shape index (κ2) is 29.1. The van der Waals surface area contributed by atoms with Gasteiger partial charge in [0.1, 0.15) is 42.3 Å². The fraction of sp³-hybridized carbons (Fsp3) is 0.468. The molecule has 0 saturated carbocycles. The molecule has 3 aromatic rings. The van der Waals surface area contributed by atoms with Gasteiger partial charge in [0.05, 0.1) is 13.0 Å². The highest BCUT2D eigenvalue weighted by molar-refractivity contribution is 5.99. The number of fused-ring (bicyclic) bond motifs is 1. The number of hydrogen-bond donors (Lipinski definition) is 15. The molecule has 0 bridgehead atoms. The van der Waals surface area contributed by atoms with E-state index < -0.39 is 108 Å². The van der Waals surface area contributed by atoms with Crippen molar-refractivity contribution in [3.8, 4) is 0 Å². The molecule has 20 N–H and O–H groups in total. The van der Waals surface area contributed by atoms with Gasteiger partial charge in [-0.25, -0.2) is 0 Å². The Balaban J connectivity index is 1.74. The lowest BCUT2D eigenvalue weighted by Crippen LogP contribution is -2.61. The molecule has 0 radical (unpaired) electrons. The molecule has 1 aliphatic heterocycles.